The maximum atomic E-state index is 12.2. The van der Waals surface area contributed by atoms with E-state index >= 15 is 0 Å². The number of rotatable bonds is 6. The zero-order chi connectivity index (χ0) is 16.2. The van der Waals surface area contributed by atoms with Crippen LogP contribution in [0.25, 0.3) is 0 Å². The number of amides is 1. The van der Waals surface area contributed by atoms with Gasteiger partial charge in [0, 0.05) is 12.2 Å². The van der Waals surface area contributed by atoms with Crippen LogP contribution in [0.2, 0.25) is 0 Å². The van der Waals surface area contributed by atoms with E-state index in [2.05, 4.69) is 5.32 Å². The van der Waals surface area contributed by atoms with E-state index in [4.69, 9.17) is 15.9 Å². The first-order valence-corrected chi connectivity index (χ1v) is 6.36. The standard InChI is InChI=1S/C14H18N2O5/c1-3-14(2,7-15)13(21)16-10-5-8(11(17)18)4-9(6-10)12(19)20/h4-6H,3,7,15H2,1-2H3,(H,16,21)(H,17,18)(H,19,20). The van der Waals surface area contributed by atoms with Crippen LogP contribution in [0, 0.1) is 5.41 Å². The molecular formula is C14H18N2O5. The monoisotopic (exact) mass is 294 g/mol. The lowest BCUT2D eigenvalue weighted by Crippen LogP contribution is -2.39. The maximum Gasteiger partial charge on any atom is 0.335 e. The average molecular weight is 294 g/mol. The summed E-state index contributed by atoms with van der Waals surface area (Å²) in [6, 6.07) is 3.45. The van der Waals surface area contributed by atoms with Crippen LogP contribution in [0.15, 0.2) is 18.2 Å². The van der Waals surface area contributed by atoms with Crippen molar-refractivity contribution in [3.8, 4) is 0 Å². The van der Waals surface area contributed by atoms with Crippen molar-refractivity contribution >= 4 is 23.5 Å². The van der Waals surface area contributed by atoms with Gasteiger partial charge in [0.25, 0.3) is 0 Å². The third kappa shape index (κ3) is 3.79. The molecule has 114 valence electrons. The largest absolute Gasteiger partial charge is 0.478 e. The molecule has 1 atom stereocenters. The molecular weight excluding hydrogens is 276 g/mol. The zero-order valence-electron chi connectivity index (χ0n) is 11.8. The van der Waals surface area contributed by atoms with Crippen LogP contribution in [-0.4, -0.2) is 34.6 Å². The van der Waals surface area contributed by atoms with Gasteiger partial charge in [0.2, 0.25) is 5.91 Å². The Morgan fingerprint density at radius 2 is 1.62 bits per heavy atom. The van der Waals surface area contributed by atoms with E-state index in [9.17, 15) is 14.4 Å². The molecule has 0 radical (unpaired) electrons. The molecule has 1 rings (SSSR count). The molecule has 1 aromatic carbocycles. The van der Waals surface area contributed by atoms with Gasteiger partial charge in [0.15, 0.2) is 0 Å². The first kappa shape index (κ1) is 16.6. The fourth-order valence-corrected chi connectivity index (χ4v) is 1.63. The highest BCUT2D eigenvalue weighted by Gasteiger charge is 2.30. The molecule has 21 heavy (non-hydrogen) atoms. The van der Waals surface area contributed by atoms with Crippen molar-refractivity contribution in [1.82, 2.24) is 0 Å². The highest BCUT2D eigenvalue weighted by atomic mass is 16.4. The molecule has 1 aromatic rings. The number of anilines is 1. The minimum absolute atomic E-state index is 0.116. The van der Waals surface area contributed by atoms with Gasteiger partial charge in [-0.15, -0.1) is 0 Å². The molecule has 0 fully saturated rings. The molecule has 0 saturated carbocycles. The molecule has 0 spiro atoms. The number of benzene rings is 1. The van der Waals surface area contributed by atoms with Crippen molar-refractivity contribution < 1.29 is 24.6 Å². The summed E-state index contributed by atoms with van der Waals surface area (Å²) in [7, 11) is 0. The molecule has 0 aliphatic rings. The second-order valence-electron chi connectivity index (χ2n) is 4.98. The third-order valence-electron chi connectivity index (χ3n) is 3.46. The fourth-order valence-electron chi connectivity index (χ4n) is 1.63. The molecule has 7 nitrogen and oxygen atoms in total. The van der Waals surface area contributed by atoms with Crippen molar-refractivity contribution in [2.24, 2.45) is 11.1 Å². The number of aromatic carboxylic acids is 2. The minimum Gasteiger partial charge on any atom is -0.478 e. The summed E-state index contributed by atoms with van der Waals surface area (Å²) in [5.41, 5.74) is 4.47. The summed E-state index contributed by atoms with van der Waals surface area (Å²) >= 11 is 0. The van der Waals surface area contributed by atoms with Gasteiger partial charge in [-0.1, -0.05) is 6.92 Å². The van der Waals surface area contributed by atoms with Crippen LogP contribution in [-0.2, 0) is 4.79 Å². The van der Waals surface area contributed by atoms with Gasteiger partial charge >= 0.3 is 11.9 Å². The Kier molecular flexibility index (Phi) is 5.04. The SMILES string of the molecule is CCC(C)(CN)C(=O)Nc1cc(C(=O)O)cc(C(=O)O)c1. The Hall–Kier alpha value is -2.41. The van der Waals surface area contributed by atoms with E-state index in [0.29, 0.717) is 6.42 Å². The Balaban J connectivity index is 3.16. The van der Waals surface area contributed by atoms with Crippen molar-refractivity contribution in [2.45, 2.75) is 20.3 Å². The highest BCUT2D eigenvalue weighted by molar-refractivity contribution is 6.00. The number of carboxylic acid groups (broad SMARTS) is 2. The van der Waals surface area contributed by atoms with Gasteiger partial charge < -0.3 is 21.3 Å². The maximum absolute atomic E-state index is 12.2. The van der Waals surface area contributed by atoms with Gasteiger partial charge in [-0.25, -0.2) is 9.59 Å². The molecule has 0 aromatic heterocycles. The molecule has 1 unspecified atom stereocenters. The highest BCUT2D eigenvalue weighted by Crippen LogP contribution is 2.23. The van der Waals surface area contributed by atoms with Crippen molar-refractivity contribution in [3.05, 3.63) is 29.3 Å². The zero-order valence-corrected chi connectivity index (χ0v) is 11.8. The summed E-state index contributed by atoms with van der Waals surface area (Å²) in [4.78, 5) is 34.2. The van der Waals surface area contributed by atoms with Crippen molar-refractivity contribution in [3.63, 3.8) is 0 Å². The van der Waals surface area contributed by atoms with Gasteiger partial charge in [-0.3, -0.25) is 4.79 Å². The molecule has 7 heteroatoms. The van der Waals surface area contributed by atoms with Gasteiger partial charge in [-0.2, -0.15) is 0 Å². The smallest absolute Gasteiger partial charge is 0.335 e. The Morgan fingerprint density at radius 1 is 1.14 bits per heavy atom. The van der Waals surface area contributed by atoms with Crippen LogP contribution in [0.3, 0.4) is 0 Å². The summed E-state index contributed by atoms with van der Waals surface area (Å²) in [6.45, 7) is 3.62. The normalized spacial score (nSPS) is 13.3. The average Bonchev–Trinajstić information content (AvgIpc) is 2.45. The molecule has 5 N–H and O–H groups in total. The number of hydrogen-bond acceptors (Lipinski definition) is 4. The Morgan fingerprint density at radius 3 is 1.95 bits per heavy atom. The van der Waals surface area contributed by atoms with Crippen molar-refractivity contribution in [2.75, 3.05) is 11.9 Å². The van der Waals surface area contributed by atoms with Crippen LogP contribution in [0.5, 0.6) is 0 Å². The molecule has 1 amide bonds. The van der Waals surface area contributed by atoms with Crippen LogP contribution in [0.4, 0.5) is 5.69 Å². The number of nitrogens with two attached hydrogens (primary N) is 1. The number of nitrogens with one attached hydrogen (secondary N) is 1. The lowest BCUT2D eigenvalue weighted by molar-refractivity contribution is -0.124. The second kappa shape index (κ2) is 6.36. The van der Waals surface area contributed by atoms with E-state index in [1.54, 1.807) is 6.92 Å². The summed E-state index contributed by atoms with van der Waals surface area (Å²) < 4.78 is 0. The summed E-state index contributed by atoms with van der Waals surface area (Å²) in [5.74, 6) is -2.93. The molecule has 0 aliphatic heterocycles. The van der Waals surface area contributed by atoms with Crippen LogP contribution < -0.4 is 11.1 Å². The van der Waals surface area contributed by atoms with E-state index in [1.165, 1.54) is 12.1 Å². The summed E-state index contributed by atoms with van der Waals surface area (Å²) in [5, 5.41) is 20.5. The van der Waals surface area contributed by atoms with Crippen LogP contribution in [0.1, 0.15) is 41.0 Å². The first-order chi connectivity index (χ1) is 9.73. The van der Waals surface area contributed by atoms with E-state index in [-0.39, 0.29) is 29.3 Å². The number of carbonyl (C=O) groups is 3. The number of carbonyl (C=O) groups excluding carboxylic acids is 1. The first-order valence-electron chi connectivity index (χ1n) is 6.36. The van der Waals surface area contributed by atoms with Crippen molar-refractivity contribution in [1.29, 1.82) is 0 Å². The van der Waals surface area contributed by atoms with Gasteiger partial charge in [0.05, 0.1) is 16.5 Å². The molecule has 0 bridgehead atoms. The second-order valence-corrected chi connectivity index (χ2v) is 4.98. The topological polar surface area (TPSA) is 130 Å². The summed E-state index contributed by atoms with van der Waals surface area (Å²) in [6.07, 6.45) is 0.500. The van der Waals surface area contributed by atoms with E-state index in [1.807, 2.05) is 6.92 Å². The minimum atomic E-state index is -1.27. The van der Waals surface area contributed by atoms with Gasteiger partial charge in [0.1, 0.15) is 0 Å². The lowest BCUT2D eigenvalue weighted by Gasteiger charge is -2.25. The van der Waals surface area contributed by atoms with E-state index in [0.717, 1.165) is 6.07 Å². The predicted octanol–water partition coefficient (Wildman–Crippen LogP) is 1.40. The molecule has 0 saturated heterocycles. The van der Waals surface area contributed by atoms with Gasteiger partial charge in [-0.05, 0) is 31.5 Å². The third-order valence-corrected chi connectivity index (χ3v) is 3.46. The number of hydrogen-bond donors (Lipinski definition) is 4. The quantitative estimate of drug-likeness (QED) is 0.627. The van der Waals surface area contributed by atoms with E-state index < -0.39 is 17.4 Å². The number of carboxylic acids is 2. The lowest BCUT2D eigenvalue weighted by atomic mass is 9.86. The fraction of sp³-hybridized carbons (Fsp3) is 0.357. The van der Waals surface area contributed by atoms with Crippen LogP contribution >= 0.6 is 0 Å². The molecule has 0 heterocycles. The molecule has 0 aliphatic carbocycles. The Bertz CT molecular complexity index is 546. The Labute approximate surface area is 121 Å². The predicted molar refractivity (Wildman–Crippen MR) is 76.4 cm³/mol.